The lowest BCUT2D eigenvalue weighted by Gasteiger charge is -2.45. The van der Waals surface area contributed by atoms with E-state index in [9.17, 15) is 5.11 Å². The standard InChI is InChI=1S/C19H23NO/c1-15-18(16-9-5-3-6-10-16)20(2)14-13-19(15,21)17-11-7-4-8-12-17/h3-12,15,18,21H,13-14H2,1-2H3/p+1/t15-,18+,19+/m0/s1. The summed E-state index contributed by atoms with van der Waals surface area (Å²) in [6.07, 6.45) is 0.813. The molecule has 0 aliphatic carbocycles. The molecule has 1 unspecified atom stereocenters. The zero-order chi connectivity index (χ0) is 14.9. The molecule has 0 aromatic heterocycles. The maximum atomic E-state index is 11.3. The Balaban J connectivity index is 1.99. The number of piperidine rings is 1. The Morgan fingerprint density at radius 2 is 1.57 bits per heavy atom. The summed E-state index contributed by atoms with van der Waals surface area (Å²) in [4.78, 5) is 1.48. The molecule has 0 bridgehead atoms. The minimum absolute atomic E-state index is 0.177. The summed E-state index contributed by atoms with van der Waals surface area (Å²) >= 11 is 0. The van der Waals surface area contributed by atoms with Gasteiger partial charge in [-0.1, -0.05) is 67.6 Å². The van der Waals surface area contributed by atoms with Crippen molar-refractivity contribution in [3.05, 3.63) is 71.8 Å². The van der Waals surface area contributed by atoms with E-state index in [1.165, 1.54) is 10.5 Å². The second kappa shape index (κ2) is 5.63. The highest BCUT2D eigenvalue weighted by Gasteiger charge is 2.48. The number of rotatable bonds is 2. The third-order valence-electron chi connectivity index (χ3n) is 5.12. The first-order valence-corrected chi connectivity index (χ1v) is 7.78. The number of benzene rings is 2. The van der Waals surface area contributed by atoms with Crippen LogP contribution in [0.5, 0.6) is 0 Å². The minimum Gasteiger partial charge on any atom is -0.384 e. The van der Waals surface area contributed by atoms with Crippen molar-refractivity contribution in [3.8, 4) is 0 Å². The molecule has 0 amide bonds. The lowest BCUT2D eigenvalue weighted by Crippen LogP contribution is -3.12. The lowest BCUT2D eigenvalue weighted by atomic mass is 9.71. The molecule has 0 saturated carbocycles. The topological polar surface area (TPSA) is 24.7 Å². The van der Waals surface area contributed by atoms with Gasteiger partial charge in [0.25, 0.3) is 0 Å². The van der Waals surface area contributed by atoms with Gasteiger partial charge in [-0.25, -0.2) is 0 Å². The zero-order valence-corrected chi connectivity index (χ0v) is 12.8. The Kier molecular flexibility index (Phi) is 3.83. The fraction of sp³-hybridized carbons (Fsp3) is 0.368. The largest absolute Gasteiger partial charge is 0.384 e. The predicted octanol–water partition coefficient (Wildman–Crippen LogP) is 2.17. The van der Waals surface area contributed by atoms with Gasteiger partial charge in [0, 0.05) is 17.9 Å². The van der Waals surface area contributed by atoms with E-state index in [0.717, 1.165) is 18.5 Å². The summed E-state index contributed by atoms with van der Waals surface area (Å²) in [6, 6.07) is 21.1. The van der Waals surface area contributed by atoms with Crippen LogP contribution in [0.25, 0.3) is 0 Å². The normalized spacial score (nSPS) is 32.8. The van der Waals surface area contributed by atoms with Crippen LogP contribution in [0.2, 0.25) is 0 Å². The molecule has 1 fully saturated rings. The molecule has 2 aromatic carbocycles. The van der Waals surface area contributed by atoms with Gasteiger partial charge < -0.3 is 10.0 Å². The molecule has 0 spiro atoms. The molecule has 2 nitrogen and oxygen atoms in total. The van der Waals surface area contributed by atoms with Crippen LogP contribution in [0.15, 0.2) is 60.7 Å². The van der Waals surface area contributed by atoms with Crippen LogP contribution in [-0.2, 0) is 5.60 Å². The van der Waals surface area contributed by atoms with Crippen LogP contribution in [0.4, 0.5) is 0 Å². The zero-order valence-electron chi connectivity index (χ0n) is 12.8. The maximum absolute atomic E-state index is 11.3. The number of nitrogens with one attached hydrogen (secondary N) is 1. The number of hydrogen-bond acceptors (Lipinski definition) is 1. The van der Waals surface area contributed by atoms with Crippen LogP contribution in [0, 0.1) is 5.92 Å². The predicted molar refractivity (Wildman–Crippen MR) is 85.1 cm³/mol. The summed E-state index contributed by atoms with van der Waals surface area (Å²) < 4.78 is 0. The average Bonchev–Trinajstić information content (AvgIpc) is 2.53. The van der Waals surface area contributed by atoms with Gasteiger partial charge in [-0.2, -0.15) is 0 Å². The van der Waals surface area contributed by atoms with Crippen molar-refractivity contribution in [1.82, 2.24) is 0 Å². The van der Waals surface area contributed by atoms with E-state index < -0.39 is 5.60 Å². The van der Waals surface area contributed by atoms with Crippen LogP contribution in [0.3, 0.4) is 0 Å². The second-order valence-corrected chi connectivity index (χ2v) is 6.31. The van der Waals surface area contributed by atoms with Crippen molar-refractivity contribution in [2.45, 2.75) is 25.0 Å². The summed E-state index contributed by atoms with van der Waals surface area (Å²) in [5, 5.41) is 11.3. The second-order valence-electron chi connectivity index (χ2n) is 6.31. The van der Waals surface area contributed by atoms with Gasteiger partial charge in [-0.05, 0) is 5.56 Å². The van der Waals surface area contributed by atoms with Gasteiger partial charge in [0.2, 0.25) is 0 Å². The highest BCUT2D eigenvalue weighted by molar-refractivity contribution is 5.26. The van der Waals surface area contributed by atoms with E-state index in [4.69, 9.17) is 0 Å². The van der Waals surface area contributed by atoms with E-state index in [0.29, 0.717) is 6.04 Å². The summed E-state index contributed by atoms with van der Waals surface area (Å²) in [5.41, 5.74) is 1.63. The van der Waals surface area contributed by atoms with Crippen molar-refractivity contribution in [1.29, 1.82) is 0 Å². The average molecular weight is 282 g/mol. The molecular weight excluding hydrogens is 258 g/mol. The van der Waals surface area contributed by atoms with Gasteiger partial charge >= 0.3 is 0 Å². The molecule has 1 aliphatic heterocycles. The number of aliphatic hydroxyl groups is 1. The third-order valence-corrected chi connectivity index (χ3v) is 5.12. The van der Waals surface area contributed by atoms with Crippen molar-refractivity contribution in [3.63, 3.8) is 0 Å². The van der Waals surface area contributed by atoms with Gasteiger partial charge in [0.15, 0.2) is 0 Å². The molecule has 1 aliphatic rings. The van der Waals surface area contributed by atoms with E-state index >= 15 is 0 Å². The van der Waals surface area contributed by atoms with Crippen molar-refractivity contribution < 1.29 is 10.0 Å². The molecule has 2 heteroatoms. The quantitative estimate of drug-likeness (QED) is 0.867. The molecule has 3 rings (SSSR count). The van der Waals surface area contributed by atoms with Crippen LogP contribution >= 0.6 is 0 Å². The van der Waals surface area contributed by atoms with Crippen molar-refractivity contribution >= 4 is 0 Å². The first-order chi connectivity index (χ1) is 10.1. The number of quaternary nitrogens is 1. The maximum Gasteiger partial charge on any atom is 0.119 e. The van der Waals surface area contributed by atoms with Crippen LogP contribution < -0.4 is 4.90 Å². The summed E-state index contributed by atoms with van der Waals surface area (Å²) in [7, 11) is 2.23. The smallest absolute Gasteiger partial charge is 0.119 e. The number of likely N-dealkylation sites (tertiary alicyclic amines) is 1. The van der Waals surface area contributed by atoms with Gasteiger partial charge in [0.05, 0.1) is 13.6 Å². The summed E-state index contributed by atoms with van der Waals surface area (Å²) in [5.74, 6) is 0.177. The Morgan fingerprint density at radius 3 is 2.19 bits per heavy atom. The number of hydrogen-bond donors (Lipinski definition) is 2. The van der Waals surface area contributed by atoms with E-state index in [-0.39, 0.29) is 5.92 Å². The molecular formula is C19H24NO+. The molecule has 110 valence electrons. The Hall–Kier alpha value is -1.64. The lowest BCUT2D eigenvalue weighted by molar-refractivity contribution is -0.926. The van der Waals surface area contributed by atoms with E-state index in [2.05, 4.69) is 56.4 Å². The molecule has 0 radical (unpaired) electrons. The van der Waals surface area contributed by atoms with E-state index in [1.54, 1.807) is 0 Å². The van der Waals surface area contributed by atoms with Gasteiger partial charge in [0.1, 0.15) is 11.6 Å². The highest BCUT2D eigenvalue weighted by Crippen LogP contribution is 2.40. The summed E-state index contributed by atoms with van der Waals surface area (Å²) in [6.45, 7) is 3.17. The molecule has 1 saturated heterocycles. The third kappa shape index (κ3) is 2.50. The molecule has 4 atom stereocenters. The monoisotopic (exact) mass is 282 g/mol. The van der Waals surface area contributed by atoms with Crippen LogP contribution in [0.1, 0.15) is 30.5 Å². The molecule has 1 heterocycles. The van der Waals surface area contributed by atoms with Crippen LogP contribution in [-0.4, -0.2) is 18.7 Å². The van der Waals surface area contributed by atoms with Gasteiger partial charge in [-0.3, -0.25) is 0 Å². The fourth-order valence-electron chi connectivity index (χ4n) is 3.84. The molecule has 2 aromatic rings. The van der Waals surface area contributed by atoms with E-state index in [1.807, 2.05) is 18.2 Å². The highest BCUT2D eigenvalue weighted by atomic mass is 16.3. The Bertz CT molecular complexity index is 583. The van der Waals surface area contributed by atoms with Crippen molar-refractivity contribution in [2.75, 3.05) is 13.6 Å². The fourth-order valence-corrected chi connectivity index (χ4v) is 3.84. The van der Waals surface area contributed by atoms with Crippen molar-refractivity contribution in [2.24, 2.45) is 5.92 Å². The molecule has 2 N–H and O–H groups in total. The Labute approximate surface area is 127 Å². The first-order valence-electron chi connectivity index (χ1n) is 7.78. The SMILES string of the molecule is C[C@H]1[C@H](c2ccccc2)[NH+](C)CC[C@]1(O)c1ccccc1. The molecule has 21 heavy (non-hydrogen) atoms. The minimum atomic E-state index is -0.735. The first kappa shape index (κ1) is 14.3. The van der Waals surface area contributed by atoms with Gasteiger partial charge in [-0.15, -0.1) is 0 Å². The Morgan fingerprint density at radius 1 is 1.00 bits per heavy atom.